The zero-order valence-corrected chi connectivity index (χ0v) is 11.5. The fourth-order valence-electron chi connectivity index (χ4n) is 1.50. The van der Waals surface area contributed by atoms with E-state index in [0.29, 0.717) is 6.54 Å². The largest absolute Gasteiger partial charge is 0.354 e. The van der Waals surface area contributed by atoms with Crippen molar-refractivity contribution in [2.24, 2.45) is 0 Å². The lowest BCUT2D eigenvalue weighted by Gasteiger charge is -2.06. The highest BCUT2D eigenvalue weighted by Gasteiger charge is 2.03. The number of hydrogen-bond donors (Lipinski definition) is 1. The Bertz CT molecular complexity index is 615. The fourth-order valence-corrected chi connectivity index (χ4v) is 2.22. The minimum atomic E-state index is -0.425. The molecule has 2 aromatic rings. The van der Waals surface area contributed by atoms with E-state index in [1.54, 1.807) is 24.0 Å². The second-order valence-electron chi connectivity index (χ2n) is 3.90. The van der Waals surface area contributed by atoms with E-state index in [0.717, 1.165) is 10.8 Å². The number of amides is 1. The standard InChI is InChI=1S/C13H14N4O2S/c18-11(10-17-8-3-6-16-13(17)19)14-7-9-20-12-4-1-2-5-15-12/h1-6,8H,7,9-10H2,(H,14,18). The molecule has 0 unspecified atom stereocenters. The molecule has 2 rings (SSSR count). The van der Waals surface area contributed by atoms with Crippen LogP contribution in [0.1, 0.15) is 0 Å². The second kappa shape index (κ2) is 7.44. The predicted octanol–water partition coefficient (Wildman–Crippen LogP) is 0.547. The summed E-state index contributed by atoms with van der Waals surface area (Å²) in [7, 11) is 0. The molecule has 0 bridgehead atoms. The van der Waals surface area contributed by atoms with Gasteiger partial charge in [0.05, 0.1) is 5.03 Å². The predicted molar refractivity (Wildman–Crippen MR) is 76.5 cm³/mol. The van der Waals surface area contributed by atoms with Crippen molar-refractivity contribution in [3.05, 3.63) is 53.3 Å². The summed E-state index contributed by atoms with van der Waals surface area (Å²) in [6.45, 7) is 0.510. The summed E-state index contributed by atoms with van der Waals surface area (Å²) < 4.78 is 1.27. The molecule has 0 aliphatic rings. The van der Waals surface area contributed by atoms with Crippen molar-refractivity contribution in [3.63, 3.8) is 0 Å². The molecule has 20 heavy (non-hydrogen) atoms. The van der Waals surface area contributed by atoms with E-state index in [-0.39, 0.29) is 12.5 Å². The van der Waals surface area contributed by atoms with Crippen molar-refractivity contribution in [3.8, 4) is 0 Å². The highest BCUT2D eigenvalue weighted by atomic mass is 32.2. The summed E-state index contributed by atoms with van der Waals surface area (Å²) in [6, 6.07) is 7.31. The number of nitrogens with one attached hydrogen (secondary N) is 1. The molecule has 0 fully saturated rings. The van der Waals surface area contributed by atoms with Crippen molar-refractivity contribution in [1.82, 2.24) is 19.9 Å². The van der Waals surface area contributed by atoms with E-state index in [1.165, 1.54) is 17.0 Å². The molecule has 0 saturated heterocycles. The molecule has 6 nitrogen and oxygen atoms in total. The van der Waals surface area contributed by atoms with Crippen LogP contribution >= 0.6 is 11.8 Å². The van der Waals surface area contributed by atoms with E-state index >= 15 is 0 Å². The van der Waals surface area contributed by atoms with Gasteiger partial charge >= 0.3 is 5.69 Å². The van der Waals surface area contributed by atoms with Crippen LogP contribution in [0.3, 0.4) is 0 Å². The summed E-state index contributed by atoms with van der Waals surface area (Å²) in [5.74, 6) is 0.520. The van der Waals surface area contributed by atoms with Gasteiger partial charge < -0.3 is 5.32 Å². The third-order valence-corrected chi connectivity index (χ3v) is 3.35. The van der Waals surface area contributed by atoms with Crippen molar-refractivity contribution >= 4 is 17.7 Å². The molecule has 1 amide bonds. The summed E-state index contributed by atoms with van der Waals surface area (Å²) in [6.07, 6.45) is 4.67. The molecule has 7 heteroatoms. The van der Waals surface area contributed by atoms with Crippen LogP contribution in [0.5, 0.6) is 0 Å². The first-order valence-corrected chi connectivity index (χ1v) is 7.06. The molecular weight excluding hydrogens is 276 g/mol. The number of thioether (sulfide) groups is 1. The van der Waals surface area contributed by atoms with Gasteiger partial charge in [0.2, 0.25) is 5.91 Å². The van der Waals surface area contributed by atoms with Crippen LogP contribution in [0, 0.1) is 0 Å². The van der Waals surface area contributed by atoms with Gasteiger partial charge in [-0.2, -0.15) is 0 Å². The van der Waals surface area contributed by atoms with Crippen molar-refractivity contribution in [2.45, 2.75) is 11.6 Å². The molecule has 0 aliphatic heterocycles. The average molecular weight is 290 g/mol. The summed E-state index contributed by atoms with van der Waals surface area (Å²) >= 11 is 1.57. The van der Waals surface area contributed by atoms with Gasteiger partial charge in [-0.15, -0.1) is 11.8 Å². The highest BCUT2D eigenvalue weighted by Crippen LogP contribution is 2.12. The molecule has 0 aliphatic carbocycles. The topological polar surface area (TPSA) is 76.9 Å². The Kier molecular flexibility index (Phi) is 5.31. The number of carbonyl (C=O) groups excluding carboxylic acids is 1. The molecule has 104 valence electrons. The Balaban J connectivity index is 1.71. The minimum absolute atomic E-state index is 0.0130. The van der Waals surface area contributed by atoms with E-state index in [1.807, 2.05) is 18.2 Å². The van der Waals surface area contributed by atoms with Gasteiger partial charge in [0.15, 0.2) is 0 Å². The van der Waals surface area contributed by atoms with Gasteiger partial charge in [0.1, 0.15) is 6.54 Å². The summed E-state index contributed by atoms with van der Waals surface area (Å²) in [4.78, 5) is 30.7. The van der Waals surface area contributed by atoms with Gasteiger partial charge in [-0.05, 0) is 18.2 Å². The molecule has 0 aromatic carbocycles. The number of pyridine rings is 1. The van der Waals surface area contributed by atoms with E-state index in [4.69, 9.17) is 0 Å². The quantitative estimate of drug-likeness (QED) is 0.621. The van der Waals surface area contributed by atoms with Crippen LogP contribution in [0.2, 0.25) is 0 Å². The first kappa shape index (κ1) is 14.3. The molecule has 0 spiro atoms. The molecule has 1 N–H and O–H groups in total. The number of carbonyl (C=O) groups is 1. The maximum atomic E-state index is 11.7. The van der Waals surface area contributed by atoms with Gasteiger partial charge in [-0.1, -0.05) is 6.07 Å². The second-order valence-corrected chi connectivity index (χ2v) is 5.01. The Morgan fingerprint density at radius 2 is 2.10 bits per heavy atom. The highest BCUT2D eigenvalue weighted by molar-refractivity contribution is 7.99. The summed E-state index contributed by atoms with van der Waals surface area (Å²) in [5.41, 5.74) is -0.425. The zero-order chi connectivity index (χ0) is 14.2. The number of aromatic nitrogens is 3. The third kappa shape index (κ3) is 4.51. The van der Waals surface area contributed by atoms with Crippen molar-refractivity contribution in [2.75, 3.05) is 12.3 Å². The van der Waals surface area contributed by atoms with E-state index in [9.17, 15) is 9.59 Å². The third-order valence-electron chi connectivity index (χ3n) is 2.41. The Hall–Kier alpha value is -2.15. The van der Waals surface area contributed by atoms with Crippen LogP contribution in [-0.2, 0) is 11.3 Å². The molecule has 0 radical (unpaired) electrons. The number of nitrogens with zero attached hydrogens (tertiary/aromatic N) is 3. The smallest absolute Gasteiger partial charge is 0.347 e. The Labute approximate surface area is 120 Å². The lowest BCUT2D eigenvalue weighted by atomic mass is 10.5. The Morgan fingerprint density at radius 1 is 1.25 bits per heavy atom. The molecule has 2 heterocycles. The first-order chi connectivity index (χ1) is 9.75. The van der Waals surface area contributed by atoms with Crippen LogP contribution < -0.4 is 11.0 Å². The van der Waals surface area contributed by atoms with Crippen LogP contribution in [-0.4, -0.2) is 32.7 Å². The maximum Gasteiger partial charge on any atom is 0.347 e. The van der Waals surface area contributed by atoms with E-state index in [2.05, 4.69) is 15.3 Å². The summed E-state index contributed by atoms with van der Waals surface area (Å²) in [5, 5.41) is 3.68. The van der Waals surface area contributed by atoms with Crippen LogP contribution in [0.25, 0.3) is 0 Å². The maximum absolute atomic E-state index is 11.7. The van der Waals surface area contributed by atoms with Gasteiger partial charge in [-0.3, -0.25) is 9.36 Å². The minimum Gasteiger partial charge on any atom is -0.354 e. The van der Waals surface area contributed by atoms with Crippen molar-refractivity contribution < 1.29 is 4.79 Å². The van der Waals surface area contributed by atoms with Crippen LogP contribution in [0.15, 0.2) is 52.7 Å². The normalized spacial score (nSPS) is 10.2. The number of rotatable bonds is 6. The van der Waals surface area contributed by atoms with Crippen molar-refractivity contribution in [1.29, 1.82) is 0 Å². The van der Waals surface area contributed by atoms with Crippen LogP contribution in [0.4, 0.5) is 0 Å². The Morgan fingerprint density at radius 3 is 2.85 bits per heavy atom. The molecule has 2 aromatic heterocycles. The number of hydrogen-bond acceptors (Lipinski definition) is 5. The monoisotopic (exact) mass is 290 g/mol. The average Bonchev–Trinajstić information content (AvgIpc) is 2.47. The molecule has 0 saturated carbocycles. The van der Waals surface area contributed by atoms with E-state index < -0.39 is 5.69 Å². The SMILES string of the molecule is O=C(Cn1cccnc1=O)NCCSc1ccccn1. The lowest BCUT2D eigenvalue weighted by molar-refractivity contribution is -0.121. The lowest BCUT2D eigenvalue weighted by Crippen LogP contribution is -2.33. The fraction of sp³-hybridized carbons (Fsp3) is 0.231. The first-order valence-electron chi connectivity index (χ1n) is 6.08. The molecule has 0 atom stereocenters. The van der Waals surface area contributed by atoms with Gasteiger partial charge in [0.25, 0.3) is 0 Å². The zero-order valence-electron chi connectivity index (χ0n) is 10.7. The molecular formula is C13H14N4O2S. The van der Waals surface area contributed by atoms with Gasteiger partial charge in [-0.25, -0.2) is 14.8 Å². The van der Waals surface area contributed by atoms with Gasteiger partial charge in [0, 0.05) is 30.9 Å².